The summed E-state index contributed by atoms with van der Waals surface area (Å²) in [5, 5.41) is 3.30. The third-order valence-electron chi connectivity index (χ3n) is 3.28. The minimum absolute atomic E-state index is 0.00556. The van der Waals surface area contributed by atoms with Gasteiger partial charge >= 0.3 is 0 Å². The van der Waals surface area contributed by atoms with E-state index in [9.17, 15) is 4.79 Å². The molecule has 0 aromatic rings. The summed E-state index contributed by atoms with van der Waals surface area (Å²) in [4.78, 5) is 14.0. The second-order valence-electron chi connectivity index (χ2n) is 4.61. The number of carbonyl (C=O) groups is 1. The molecule has 1 atom stereocenters. The van der Waals surface area contributed by atoms with Crippen LogP contribution in [0.25, 0.3) is 0 Å². The fraction of sp³-hybridized carbons (Fsp3) is 0.929. The SMILES string of the molecule is CC.CC.CC1CNCCN1C(=O)C1(C)CC1. The van der Waals surface area contributed by atoms with Crippen molar-refractivity contribution in [2.24, 2.45) is 5.41 Å². The van der Waals surface area contributed by atoms with Crippen LogP contribution in [0.15, 0.2) is 0 Å². The lowest BCUT2D eigenvalue weighted by Gasteiger charge is -2.35. The topological polar surface area (TPSA) is 32.3 Å². The second-order valence-corrected chi connectivity index (χ2v) is 4.61. The zero-order valence-electron chi connectivity index (χ0n) is 12.5. The van der Waals surface area contributed by atoms with Crippen molar-refractivity contribution in [1.29, 1.82) is 0 Å². The Morgan fingerprint density at radius 2 is 1.76 bits per heavy atom. The van der Waals surface area contributed by atoms with Crippen LogP contribution in [0, 0.1) is 5.41 Å². The first-order valence-electron chi connectivity index (χ1n) is 7.15. The third-order valence-corrected chi connectivity index (χ3v) is 3.28. The standard InChI is InChI=1S/C10H18N2O.2C2H6/c1-8-7-11-5-6-12(8)9(13)10(2)3-4-10;2*1-2/h8,11H,3-7H2,1-2H3;2*1-2H3. The number of piperazine rings is 1. The summed E-state index contributed by atoms with van der Waals surface area (Å²) in [7, 11) is 0. The number of nitrogens with one attached hydrogen (secondary N) is 1. The first-order valence-corrected chi connectivity index (χ1v) is 7.15. The van der Waals surface area contributed by atoms with Crippen LogP contribution in [0.4, 0.5) is 0 Å². The maximum absolute atomic E-state index is 12.0. The zero-order valence-corrected chi connectivity index (χ0v) is 12.5. The molecule has 0 aromatic heterocycles. The van der Waals surface area contributed by atoms with E-state index in [4.69, 9.17) is 0 Å². The molecule has 2 rings (SSSR count). The van der Waals surface area contributed by atoms with E-state index < -0.39 is 0 Å². The predicted molar refractivity (Wildman–Crippen MR) is 74.1 cm³/mol. The lowest BCUT2D eigenvalue weighted by atomic mass is 10.1. The van der Waals surface area contributed by atoms with E-state index in [2.05, 4.69) is 19.2 Å². The summed E-state index contributed by atoms with van der Waals surface area (Å²) in [6.07, 6.45) is 2.17. The van der Waals surface area contributed by atoms with Crippen LogP contribution >= 0.6 is 0 Å². The first-order chi connectivity index (χ1) is 8.13. The van der Waals surface area contributed by atoms with Gasteiger partial charge in [-0.2, -0.15) is 0 Å². The summed E-state index contributed by atoms with van der Waals surface area (Å²) in [6.45, 7) is 15.0. The summed E-state index contributed by atoms with van der Waals surface area (Å²) >= 11 is 0. The number of nitrogens with zero attached hydrogens (tertiary/aromatic N) is 1. The van der Waals surface area contributed by atoms with Crippen LogP contribution in [0.1, 0.15) is 54.4 Å². The lowest BCUT2D eigenvalue weighted by molar-refractivity contribution is -0.139. The molecule has 1 aliphatic heterocycles. The van der Waals surface area contributed by atoms with Crippen LogP contribution in [0.3, 0.4) is 0 Å². The van der Waals surface area contributed by atoms with E-state index in [0.717, 1.165) is 32.5 Å². The number of hydrogen-bond donors (Lipinski definition) is 1. The summed E-state index contributed by atoms with van der Waals surface area (Å²) in [5.74, 6) is 0.376. The van der Waals surface area contributed by atoms with E-state index in [1.807, 2.05) is 32.6 Å². The highest BCUT2D eigenvalue weighted by molar-refractivity contribution is 5.85. The van der Waals surface area contributed by atoms with Gasteiger partial charge in [-0.3, -0.25) is 4.79 Å². The van der Waals surface area contributed by atoms with Crippen LogP contribution in [-0.2, 0) is 4.79 Å². The van der Waals surface area contributed by atoms with Crippen molar-refractivity contribution in [3.8, 4) is 0 Å². The Kier molecular flexibility index (Phi) is 7.44. The Hall–Kier alpha value is -0.570. The van der Waals surface area contributed by atoms with Crippen molar-refractivity contribution in [3.05, 3.63) is 0 Å². The first kappa shape index (κ1) is 16.4. The molecule has 1 amide bonds. The third kappa shape index (κ3) is 4.30. The Balaban J connectivity index is 0.000000581. The largest absolute Gasteiger partial charge is 0.337 e. The van der Waals surface area contributed by atoms with Gasteiger partial charge in [0.15, 0.2) is 0 Å². The molecule has 1 unspecified atom stereocenters. The van der Waals surface area contributed by atoms with Gasteiger partial charge in [0.2, 0.25) is 5.91 Å². The van der Waals surface area contributed by atoms with E-state index in [1.165, 1.54) is 0 Å². The maximum atomic E-state index is 12.0. The van der Waals surface area contributed by atoms with Crippen LogP contribution < -0.4 is 5.32 Å². The van der Waals surface area contributed by atoms with Crippen molar-refractivity contribution in [2.45, 2.75) is 60.4 Å². The normalized spacial score (nSPS) is 24.8. The van der Waals surface area contributed by atoms with Crippen molar-refractivity contribution in [2.75, 3.05) is 19.6 Å². The predicted octanol–water partition coefficient (Wildman–Crippen LogP) is 2.66. The van der Waals surface area contributed by atoms with Crippen LogP contribution in [0.5, 0.6) is 0 Å². The molecular formula is C14H30N2O. The molecule has 0 radical (unpaired) electrons. The fourth-order valence-corrected chi connectivity index (χ4v) is 1.89. The van der Waals surface area contributed by atoms with Gasteiger partial charge in [0.25, 0.3) is 0 Å². The van der Waals surface area contributed by atoms with Gasteiger partial charge in [-0.1, -0.05) is 34.6 Å². The van der Waals surface area contributed by atoms with Crippen molar-refractivity contribution < 1.29 is 4.79 Å². The van der Waals surface area contributed by atoms with Crippen molar-refractivity contribution in [3.63, 3.8) is 0 Å². The highest BCUT2D eigenvalue weighted by Crippen LogP contribution is 2.46. The average molecular weight is 242 g/mol. The maximum Gasteiger partial charge on any atom is 0.228 e. The molecular weight excluding hydrogens is 212 g/mol. The molecule has 17 heavy (non-hydrogen) atoms. The van der Waals surface area contributed by atoms with Crippen molar-refractivity contribution in [1.82, 2.24) is 10.2 Å². The molecule has 0 spiro atoms. The highest BCUT2D eigenvalue weighted by atomic mass is 16.2. The van der Waals surface area contributed by atoms with Gasteiger partial charge in [-0.15, -0.1) is 0 Å². The molecule has 1 heterocycles. The minimum atomic E-state index is 0.00556. The Morgan fingerprint density at radius 1 is 1.24 bits per heavy atom. The molecule has 102 valence electrons. The summed E-state index contributed by atoms with van der Waals surface area (Å²) in [5.41, 5.74) is 0.00556. The van der Waals surface area contributed by atoms with Crippen molar-refractivity contribution >= 4 is 5.91 Å². The molecule has 1 N–H and O–H groups in total. The van der Waals surface area contributed by atoms with Gasteiger partial charge in [-0.25, -0.2) is 0 Å². The molecule has 3 heteroatoms. The number of amides is 1. The molecule has 2 aliphatic rings. The van der Waals surface area contributed by atoms with E-state index in [-0.39, 0.29) is 5.41 Å². The van der Waals surface area contributed by atoms with Gasteiger partial charge in [0, 0.05) is 31.1 Å². The Labute approximate surface area is 107 Å². The average Bonchev–Trinajstić information content (AvgIpc) is 3.13. The molecule has 2 fully saturated rings. The monoisotopic (exact) mass is 242 g/mol. The van der Waals surface area contributed by atoms with Gasteiger partial charge in [0.1, 0.15) is 0 Å². The molecule has 1 saturated carbocycles. The molecule has 3 nitrogen and oxygen atoms in total. The van der Waals surface area contributed by atoms with Gasteiger partial charge in [-0.05, 0) is 19.8 Å². The van der Waals surface area contributed by atoms with Gasteiger partial charge in [0.05, 0.1) is 0 Å². The van der Waals surface area contributed by atoms with Crippen LogP contribution in [-0.4, -0.2) is 36.5 Å². The lowest BCUT2D eigenvalue weighted by Crippen LogP contribution is -2.53. The summed E-state index contributed by atoms with van der Waals surface area (Å²) in [6, 6.07) is 0.374. The highest BCUT2D eigenvalue weighted by Gasteiger charge is 2.48. The van der Waals surface area contributed by atoms with E-state index >= 15 is 0 Å². The summed E-state index contributed by atoms with van der Waals surface area (Å²) < 4.78 is 0. The zero-order chi connectivity index (χ0) is 13.5. The van der Waals surface area contributed by atoms with Gasteiger partial charge < -0.3 is 10.2 Å². The molecule has 1 saturated heterocycles. The van der Waals surface area contributed by atoms with E-state index in [1.54, 1.807) is 0 Å². The Bertz CT molecular complexity index is 224. The minimum Gasteiger partial charge on any atom is -0.337 e. The molecule has 0 bridgehead atoms. The number of carbonyl (C=O) groups excluding carboxylic acids is 1. The second kappa shape index (κ2) is 7.70. The smallest absolute Gasteiger partial charge is 0.228 e. The fourth-order valence-electron chi connectivity index (χ4n) is 1.89. The Morgan fingerprint density at radius 3 is 2.18 bits per heavy atom. The molecule has 0 aromatic carbocycles. The quantitative estimate of drug-likeness (QED) is 0.766. The number of hydrogen-bond acceptors (Lipinski definition) is 2. The molecule has 1 aliphatic carbocycles. The van der Waals surface area contributed by atoms with Crippen LogP contribution in [0.2, 0.25) is 0 Å². The number of rotatable bonds is 1. The van der Waals surface area contributed by atoms with E-state index in [0.29, 0.717) is 11.9 Å².